The molecule has 110 valence electrons. The van der Waals surface area contributed by atoms with Gasteiger partial charge in [-0.2, -0.15) is 0 Å². The van der Waals surface area contributed by atoms with Gasteiger partial charge in [-0.15, -0.1) is 0 Å². The molecule has 0 aromatic carbocycles. The van der Waals surface area contributed by atoms with Crippen LogP contribution in [0.15, 0.2) is 0 Å². The van der Waals surface area contributed by atoms with Crippen LogP contribution in [-0.4, -0.2) is 25.0 Å². The fourth-order valence-corrected chi connectivity index (χ4v) is 3.91. The average molecular weight is 266 g/mol. The number of carbonyl (C=O) groups is 1. The Morgan fingerprint density at radius 2 is 1.95 bits per heavy atom. The van der Waals surface area contributed by atoms with E-state index in [2.05, 4.69) is 24.5 Å². The van der Waals surface area contributed by atoms with Crippen molar-refractivity contribution < 1.29 is 4.79 Å². The Morgan fingerprint density at radius 1 is 1.32 bits per heavy atom. The molecule has 3 heteroatoms. The summed E-state index contributed by atoms with van der Waals surface area (Å²) in [4.78, 5) is 12.7. The third-order valence-electron chi connectivity index (χ3n) is 5.24. The van der Waals surface area contributed by atoms with Gasteiger partial charge in [0.2, 0.25) is 5.91 Å². The highest BCUT2D eigenvalue weighted by Gasteiger charge is 2.39. The molecule has 1 atom stereocenters. The van der Waals surface area contributed by atoms with E-state index in [-0.39, 0.29) is 5.41 Å². The number of carbonyl (C=O) groups excluding carboxylic acids is 1. The zero-order valence-electron chi connectivity index (χ0n) is 12.6. The summed E-state index contributed by atoms with van der Waals surface area (Å²) in [6, 6.07) is 0.360. The second-order valence-corrected chi connectivity index (χ2v) is 6.59. The first-order valence-corrected chi connectivity index (χ1v) is 8.19. The van der Waals surface area contributed by atoms with Gasteiger partial charge in [0.1, 0.15) is 0 Å². The van der Waals surface area contributed by atoms with Crippen LogP contribution in [0.25, 0.3) is 0 Å². The van der Waals surface area contributed by atoms with Crippen molar-refractivity contribution in [2.45, 2.75) is 71.3 Å². The van der Waals surface area contributed by atoms with E-state index in [1.54, 1.807) is 0 Å². The predicted molar refractivity (Wildman–Crippen MR) is 79.0 cm³/mol. The molecule has 3 nitrogen and oxygen atoms in total. The van der Waals surface area contributed by atoms with Crippen molar-refractivity contribution in [3.05, 3.63) is 0 Å². The molecule has 0 aromatic rings. The van der Waals surface area contributed by atoms with Gasteiger partial charge >= 0.3 is 0 Å². The number of amides is 1. The first-order valence-electron chi connectivity index (χ1n) is 8.19. The summed E-state index contributed by atoms with van der Waals surface area (Å²) in [5.41, 5.74) is -0.0904. The van der Waals surface area contributed by atoms with Gasteiger partial charge in [0.05, 0.1) is 5.41 Å². The van der Waals surface area contributed by atoms with Crippen LogP contribution in [0.3, 0.4) is 0 Å². The summed E-state index contributed by atoms with van der Waals surface area (Å²) in [7, 11) is 0. The molecule has 2 fully saturated rings. The molecule has 1 aliphatic heterocycles. The van der Waals surface area contributed by atoms with Crippen molar-refractivity contribution >= 4 is 5.91 Å². The van der Waals surface area contributed by atoms with E-state index >= 15 is 0 Å². The second-order valence-electron chi connectivity index (χ2n) is 6.59. The van der Waals surface area contributed by atoms with E-state index in [1.807, 2.05) is 0 Å². The van der Waals surface area contributed by atoms with Crippen LogP contribution < -0.4 is 10.6 Å². The topological polar surface area (TPSA) is 41.1 Å². The van der Waals surface area contributed by atoms with Crippen LogP contribution in [0.4, 0.5) is 0 Å². The molecule has 2 rings (SSSR count). The van der Waals surface area contributed by atoms with Crippen LogP contribution >= 0.6 is 0 Å². The van der Waals surface area contributed by atoms with Crippen LogP contribution in [0.5, 0.6) is 0 Å². The Balaban J connectivity index is 1.94. The van der Waals surface area contributed by atoms with Crippen molar-refractivity contribution in [1.29, 1.82) is 0 Å². The molecule has 19 heavy (non-hydrogen) atoms. The van der Waals surface area contributed by atoms with E-state index in [0.29, 0.717) is 17.9 Å². The summed E-state index contributed by atoms with van der Waals surface area (Å²) in [5.74, 6) is 1.04. The largest absolute Gasteiger partial charge is 0.353 e. The number of rotatable bonds is 5. The zero-order valence-corrected chi connectivity index (χ0v) is 12.6. The normalized spacial score (nSPS) is 25.2. The van der Waals surface area contributed by atoms with Gasteiger partial charge in [-0.05, 0) is 58.0 Å². The van der Waals surface area contributed by atoms with Crippen LogP contribution in [-0.2, 0) is 4.79 Å². The summed E-state index contributed by atoms with van der Waals surface area (Å²) in [6.07, 6.45) is 9.43. The standard InChI is InChI=1S/C16H30N2O/c1-3-8-16(9-11-17-12-10-16)15(19)18-13(2)14-6-4-5-7-14/h13-14,17H,3-12H2,1-2H3,(H,18,19)/t13-/m0/s1. The predicted octanol–water partition coefficient (Wildman–Crippen LogP) is 2.85. The summed E-state index contributed by atoms with van der Waals surface area (Å²) >= 11 is 0. The van der Waals surface area contributed by atoms with Crippen molar-refractivity contribution in [1.82, 2.24) is 10.6 Å². The van der Waals surface area contributed by atoms with Gasteiger partial charge in [-0.1, -0.05) is 26.2 Å². The Hall–Kier alpha value is -0.570. The van der Waals surface area contributed by atoms with Crippen molar-refractivity contribution in [2.24, 2.45) is 11.3 Å². The molecule has 0 spiro atoms. The average Bonchev–Trinajstić information content (AvgIpc) is 2.94. The molecule has 1 aliphatic carbocycles. The fraction of sp³-hybridized carbons (Fsp3) is 0.938. The molecule has 1 heterocycles. The first kappa shape index (κ1) is 14.8. The Morgan fingerprint density at radius 3 is 2.53 bits per heavy atom. The highest BCUT2D eigenvalue weighted by atomic mass is 16.2. The molecule has 1 amide bonds. The number of piperidine rings is 1. The maximum atomic E-state index is 12.7. The van der Waals surface area contributed by atoms with E-state index in [1.165, 1.54) is 25.7 Å². The maximum Gasteiger partial charge on any atom is 0.226 e. The summed E-state index contributed by atoms with van der Waals surface area (Å²) in [5, 5.41) is 6.73. The molecule has 0 radical (unpaired) electrons. The van der Waals surface area contributed by atoms with Crippen molar-refractivity contribution in [2.75, 3.05) is 13.1 Å². The summed E-state index contributed by atoms with van der Waals surface area (Å²) in [6.45, 7) is 6.38. The monoisotopic (exact) mass is 266 g/mol. The molecule has 0 bridgehead atoms. The minimum atomic E-state index is -0.0904. The lowest BCUT2D eigenvalue weighted by Gasteiger charge is -2.37. The number of hydrogen-bond donors (Lipinski definition) is 2. The van der Waals surface area contributed by atoms with Crippen LogP contribution in [0, 0.1) is 11.3 Å². The van der Waals surface area contributed by atoms with Gasteiger partial charge in [0.25, 0.3) is 0 Å². The van der Waals surface area contributed by atoms with Crippen LogP contribution in [0.1, 0.15) is 65.2 Å². The molecule has 2 aliphatic rings. The zero-order chi connectivity index (χ0) is 13.7. The SMILES string of the molecule is CCCC1(C(=O)N[C@@H](C)C2CCCC2)CCNCC1. The van der Waals surface area contributed by atoms with Gasteiger partial charge in [-0.3, -0.25) is 4.79 Å². The molecular weight excluding hydrogens is 236 g/mol. The van der Waals surface area contributed by atoms with Crippen LogP contribution in [0.2, 0.25) is 0 Å². The lowest BCUT2D eigenvalue weighted by atomic mass is 9.74. The first-order chi connectivity index (χ1) is 9.18. The Bertz CT molecular complexity index is 286. The highest BCUT2D eigenvalue weighted by Crippen LogP contribution is 2.35. The molecule has 1 saturated heterocycles. The summed E-state index contributed by atoms with van der Waals surface area (Å²) < 4.78 is 0. The molecule has 1 saturated carbocycles. The highest BCUT2D eigenvalue weighted by molar-refractivity contribution is 5.83. The maximum absolute atomic E-state index is 12.7. The number of nitrogens with one attached hydrogen (secondary N) is 2. The smallest absolute Gasteiger partial charge is 0.226 e. The molecular formula is C16H30N2O. The van der Waals surface area contributed by atoms with Gasteiger partial charge < -0.3 is 10.6 Å². The van der Waals surface area contributed by atoms with E-state index in [4.69, 9.17) is 0 Å². The van der Waals surface area contributed by atoms with Gasteiger partial charge in [-0.25, -0.2) is 0 Å². The third kappa shape index (κ3) is 3.50. The molecule has 0 unspecified atom stereocenters. The Kier molecular flexibility index (Phi) is 5.26. The van der Waals surface area contributed by atoms with Crippen molar-refractivity contribution in [3.63, 3.8) is 0 Å². The van der Waals surface area contributed by atoms with E-state index < -0.39 is 0 Å². The fourth-order valence-electron chi connectivity index (χ4n) is 3.91. The van der Waals surface area contributed by atoms with Gasteiger partial charge in [0.15, 0.2) is 0 Å². The van der Waals surface area contributed by atoms with E-state index in [9.17, 15) is 4.79 Å². The van der Waals surface area contributed by atoms with E-state index in [0.717, 1.165) is 38.8 Å². The minimum Gasteiger partial charge on any atom is -0.353 e. The molecule has 0 aromatic heterocycles. The lowest BCUT2D eigenvalue weighted by molar-refractivity contribution is -0.134. The quantitative estimate of drug-likeness (QED) is 0.803. The number of hydrogen-bond acceptors (Lipinski definition) is 2. The second kappa shape index (κ2) is 6.74. The molecule has 2 N–H and O–H groups in total. The minimum absolute atomic E-state index is 0.0904. The van der Waals surface area contributed by atoms with Gasteiger partial charge in [0, 0.05) is 6.04 Å². The third-order valence-corrected chi connectivity index (χ3v) is 5.24. The Labute approximate surface area is 117 Å². The van der Waals surface area contributed by atoms with Crippen molar-refractivity contribution in [3.8, 4) is 0 Å². The lowest BCUT2D eigenvalue weighted by Crippen LogP contribution is -2.50.